The molecule has 0 saturated heterocycles. The number of halogens is 2. The fraction of sp³-hybridized carbons (Fsp3) is 0.381. The van der Waals surface area contributed by atoms with E-state index in [2.05, 4.69) is 17.0 Å². The van der Waals surface area contributed by atoms with Crippen LogP contribution < -0.4 is 11.1 Å². The van der Waals surface area contributed by atoms with Crippen molar-refractivity contribution < 1.29 is 18.2 Å². The quantitative estimate of drug-likeness (QED) is 0.534. The van der Waals surface area contributed by atoms with Gasteiger partial charge in [0.1, 0.15) is 5.69 Å². The Hall–Kier alpha value is -2.67. The summed E-state index contributed by atoms with van der Waals surface area (Å²) in [6.07, 6.45) is 2.41. The van der Waals surface area contributed by atoms with Gasteiger partial charge in [-0.25, -0.2) is 14.1 Å². The largest absolute Gasteiger partial charge is 0.495 e. The van der Waals surface area contributed by atoms with Crippen molar-refractivity contribution in [2.45, 2.75) is 39.0 Å². The second kappa shape index (κ2) is 9.50. The number of nitrogens with two attached hydrogens (primary N) is 1. The van der Waals surface area contributed by atoms with Crippen molar-refractivity contribution in [3.05, 3.63) is 58.9 Å². The first-order chi connectivity index (χ1) is 13.2. The molecular weight excluding hydrogens is 362 g/mol. The molecule has 0 fully saturated rings. The molecule has 0 radical (unpaired) electrons. The number of pyridine rings is 1. The molecule has 150 valence electrons. The molecule has 5 nitrogen and oxygen atoms in total. The summed E-state index contributed by atoms with van der Waals surface area (Å²) >= 11 is 0. The number of nitrogens with one attached hydrogen (secondary N) is 1. The van der Waals surface area contributed by atoms with E-state index in [1.165, 1.54) is 29.8 Å². The topological polar surface area (TPSA) is 71.0 Å². The van der Waals surface area contributed by atoms with Crippen LogP contribution in [0.15, 0.2) is 36.4 Å². The minimum Gasteiger partial charge on any atom is -0.330 e. The third-order valence-electron chi connectivity index (χ3n) is 4.49. The number of carbonyl (C=O) groups is 1. The summed E-state index contributed by atoms with van der Waals surface area (Å²) in [5, 5.41) is 2.76. The van der Waals surface area contributed by atoms with Gasteiger partial charge in [-0.2, -0.15) is 9.37 Å². The van der Waals surface area contributed by atoms with Gasteiger partial charge in [0.05, 0.1) is 13.3 Å². The Bertz CT molecular complexity index is 829. The maximum atomic E-state index is 13.3. The number of urea groups is 1. The minimum atomic E-state index is -2.92. The molecule has 0 saturated carbocycles. The smallest absolute Gasteiger partial charge is 0.330 e. The predicted octanol–water partition coefficient (Wildman–Crippen LogP) is 3.69. The Morgan fingerprint density at radius 2 is 1.89 bits per heavy atom. The summed E-state index contributed by atoms with van der Waals surface area (Å²) in [5.41, 5.74) is 8.91. The van der Waals surface area contributed by atoms with E-state index >= 15 is 0 Å². The third kappa shape index (κ3) is 5.92. The van der Waals surface area contributed by atoms with Crippen LogP contribution in [0.2, 0.25) is 0 Å². The maximum absolute atomic E-state index is 13.3. The van der Waals surface area contributed by atoms with Gasteiger partial charge in [0.15, 0.2) is 0 Å². The van der Waals surface area contributed by atoms with Crippen LogP contribution >= 0.6 is 0 Å². The van der Waals surface area contributed by atoms with Gasteiger partial charge in [0, 0.05) is 30.3 Å². The van der Waals surface area contributed by atoms with Crippen LogP contribution in [0, 0.1) is 6.92 Å². The molecule has 2 amide bonds. The number of benzene rings is 1. The molecule has 7 heteroatoms. The molecule has 2 aromatic rings. The number of rotatable bonds is 8. The monoisotopic (exact) mass is 389 g/mol. The van der Waals surface area contributed by atoms with E-state index in [1.807, 2.05) is 19.1 Å². The first-order valence-corrected chi connectivity index (χ1v) is 9.24. The lowest BCUT2D eigenvalue weighted by molar-refractivity contribution is -0.323. The number of aryl methyl sites for hydroxylation is 2. The molecule has 2 rings (SSSR count). The van der Waals surface area contributed by atoms with Crippen LogP contribution in [0.4, 0.5) is 19.3 Å². The molecule has 0 aliphatic heterocycles. The second-order valence-electron chi connectivity index (χ2n) is 6.78. The van der Waals surface area contributed by atoms with Crippen molar-refractivity contribution in [3.63, 3.8) is 0 Å². The number of carbonyl (C=O) groups excluding carboxylic acids is 1. The fourth-order valence-electron chi connectivity index (χ4n) is 2.78. The highest BCUT2D eigenvalue weighted by Gasteiger charge is 2.24. The molecule has 0 bridgehead atoms. The molecule has 0 aliphatic rings. The van der Waals surface area contributed by atoms with E-state index in [0.717, 1.165) is 35.7 Å². The summed E-state index contributed by atoms with van der Waals surface area (Å²) in [7, 11) is 0. The third-order valence-corrected chi connectivity index (χ3v) is 4.49. The molecule has 1 heterocycles. The van der Waals surface area contributed by atoms with Crippen molar-refractivity contribution >= 4 is 18.4 Å². The number of amides is 2. The Morgan fingerprint density at radius 1 is 1.21 bits per heavy atom. The van der Waals surface area contributed by atoms with E-state index in [-0.39, 0.29) is 5.56 Å². The summed E-state index contributed by atoms with van der Waals surface area (Å²) in [4.78, 5) is 16.8. The van der Waals surface area contributed by atoms with Crippen LogP contribution in [-0.4, -0.2) is 35.4 Å². The van der Waals surface area contributed by atoms with E-state index < -0.39 is 12.0 Å². The minimum absolute atomic E-state index is 0.110. The van der Waals surface area contributed by atoms with Gasteiger partial charge in [-0.05, 0) is 62.2 Å². The number of nitrogens with zero attached hydrogens (tertiary/aromatic N) is 2. The summed E-state index contributed by atoms with van der Waals surface area (Å²) < 4.78 is 27.7. The number of hydrogen-bond donors (Lipinski definition) is 2. The van der Waals surface area contributed by atoms with Crippen molar-refractivity contribution in [1.82, 2.24) is 10.3 Å². The average molecular weight is 389 g/mol. The molecule has 1 aromatic carbocycles. The van der Waals surface area contributed by atoms with E-state index in [4.69, 9.17) is 5.73 Å². The lowest BCUT2D eigenvalue weighted by atomic mass is 10.1. The molecule has 1 aromatic heterocycles. The van der Waals surface area contributed by atoms with Crippen molar-refractivity contribution in [2.75, 3.05) is 13.1 Å². The van der Waals surface area contributed by atoms with Gasteiger partial charge in [-0.3, -0.25) is 4.98 Å². The SMILES string of the molecule is C=[N+](C(=O)NCCc1ccc(CCCN)c(C)n1)c1ccc(C(C)(F)F)cc1. The first-order valence-electron chi connectivity index (χ1n) is 9.24. The molecule has 0 unspecified atom stereocenters. The molecule has 0 aliphatic carbocycles. The second-order valence-corrected chi connectivity index (χ2v) is 6.78. The molecule has 0 spiro atoms. The number of aromatic nitrogens is 1. The van der Waals surface area contributed by atoms with Crippen LogP contribution in [0.3, 0.4) is 0 Å². The van der Waals surface area contributed by atoms with E-state index in [1.54, 1.807) is 0 Å². The van der Waals surface area contributed by atoms with Crippen molar-refractivity contribution in [1.29, 1.82) is 0 Å². The highest BCUT2D eigenvalue weighted by Crippen LogP contribution is 2.28. The van der Waals surface area contributed by atoms with Crippen molar-refractivity contribution in [3.8, 4) is 0 Å². The lowest BCUT2D eigenvalue weighted by Crippen LogP contribution is -2.31. The zero-order chi connectivity index (χ0) is 20.7. The van der Waals surface area contributed by atoms with Crippen LogP contribution in [0.25, 0.3) is 0 Å². The molecular formula is C21H27F2N4O+. The predicted molar refractivity (Wildman–Crippen MR) is 107 cm³/mol. The van der Waals surface area contributed by atoms with Crippen LogP contribution in [0.1, 0.15) is 35.9 Å². The summed E-state index contributed by atoms with van der Waals surface area (Å²) in [6, 6.07) is 9.07. The molecule has 0 atom stereocenters. The van der Waals surface area contributed by atoms with Gasteiger partial charge in [-0.15, -0.1) is 0 Å². The molecule has 28 heavy (non-hydrogen) atoms. The Labute approximate surface area is 164 Å². The van der Waals surface area contributed by atoms with Gasteiger partial charge in [-0.1, -0.05) is 6.07 Å². The highest BCUT2D eigenvalue weighted by atomic mass is 19.3. The van der Waals surface area contributed by atoms with E-state index in [9.17, 15) is 13.6 Å². The normalized spacial score (nSPS) is 11.3. The maximum Gasteiger partial charge on any atom is 0.495 e. The van der Waals surface area contributed by atoms with Gasteiger partial charge >= 0.3 is 6.03 Å². The summed E-state index contributed by atoms with van der Waals surface area (Å²) in [6.45, 7) is 7.53. The lowest BCUT2D eigenvalue weighted by Gasteiger charge is -2.10. The van der Waals surface area contributed by atoms with Gasteiger partial charge in [0.2, 0.25) is 0 Å². The van der Waals surface area contributed by atoms with Crippen LogP contribution in [0.5, 0.6) is 0 Å². The standard InChI is InChI=1S/C21H26F2N4O/c1-15-16(5-4-13-24)6-9-18(26-15)12-14-25-20(28)27(3)19-10-7-17(8-11-19)21(2,22)23/h6-11H,3-5,12-14,24H2,1-2H3/p+1. The number of hydrogen-bond acceptors (Lipinski definition) is 3. The molecule has 3 N–H and O–H groups in total. The Morgan fingerprint density at radius 3 is 2.46 bits per heavy atom. The first kappa shape index (κ1) is 21.6. The average Bonchev–Trinajstić information content (AvgIpc) is 2.66. The fourth-order valence-corrected chi connectivity index (χ4v) is 2.78. The van der Waals surface area contributed by atoms with Crippen molar-refractivity contribution in [2.24, 2.45) is 5.73 Å². The Kier molecular flexibility index (Phi) is 7.34. The van der Waals surface area contributed by atoms with Gasteiger partial charge in [0.25, 0.3) is 5.92 Å². The Balaban J connectivity index is 1.88. The van der Waals surface area contributed by atoms with Gasteiger partial charge < -0.3 is 5.73 Å². The summed E-state index contributed by atoms with van der Waals surface area (Å²) in [5.74, 6) is -2.92. The highest BCUT2D eigenvalue weighted by molar-refractivity contribution is 5.70. The van der Waals surface area contributed by atoms with E-state index in [0.29, 0.717) is 25.2 Å². The zero-order valence-electron chi connectivity index (χ0n) is 16.3. The zero-order valence-corrected chi connectivity index (χ0v) is 16.3. The van der Waals surface area contributed by atoms with Crippen LogP contribution in [-0.2, 0) is 18.8 Å². The number of alkyl halides is 2.